The first-order valence-corrected chi connectivity index (χ1v) is 8.85. The van der Waals surface area contributed by atoms with E-state index in [1.807, 2.05) is 0 Å². The minimum atomic E-state index is -1.02. The van der Waals surface area contributed by atoms with Crippen LogP contribution in [0.2, 0.25) is 0 Å². The van der Waals surface area contributed by atoms with Crippen LogP contribution in [-0.2, 0) is 28.5 Å². The van der Waals surface area contributed by atoms with Crippen LogP contribution in [0.25, 0.3) is 0 Å². The molecule has 10 nitrogen and oxygen atoms in total. The Kier molecular flexibility index (Phi) is 7.27. The van der Waals surface area contributed by atoms with Crippen LogP contribution in [0.5, 0.6) is 0 Å². The molecule has 0 heterocycles. The first-order valence-electron chi connectivity index (χ1n) is 8.85. The van der Waals surface area contributed by atoms with E-state index in [9.17, 15) is 19.2 Å². The van der Waals surface area contributed by atoms with Crippen LogP contribution in [0, 0.1) is 11.8 Å². The van der Waals surface area contributed by atoms with Gasteiger partial charge in [0, 0.05) is 0 Å². The highest BCUT2D eigenvalue weighted by Gasteiger charge is 2.60. The fraction of sp³-hybridized carbons (Fsp3) is 0.778. The molecule has 0 aromatic rings. The van der Waals surface area contributed by atoms with Crippen LogP contribution in [0.3, 0.4) is 0 Å². The third-order valence-electron chi connectivity index (χ3n) is 3.86. The molecule has 1 fully saturated rings. The smallest absolute Gasteiger partial charge is 0.407 e. The zero-order valence-electron chi connectivity index (χ0n) is 17.6. The summed E-state index contributed by atoms with van der Waals surface area (Å²) in [5.74, 6) is -3.45. The van der Waals surface area contributed by atoms with Crippen molar-refractivity contribution in [3.8, 4) is 0 Å². The lowest BCUT2D eigenvalue weighted by Gasteiger charge is -2.48. The highest BCUT2D eigenvalue weighted by atomic mass is 16.6. The Labute approximate surface area is 164 Å². The van der Waals surface area contributed by atoms with Crippen molar-refractivity contribution in [1.29, 1.82) is 0 Å². The molecular weight excluding hydrogens is 372 g/mol. The molecular formula is C18H30N2O8. The van der Waals surface area contributed by atoms with Gasteiger partial charge in [0.25, 0.3) is 0 Å². The maximum absolute atomic E-state index is 12.2. The van der Waals surface area contributed by atoms with Gasteiger partial charge in [-0.3, -0.25) is 9.59 Å². The molecule has 0 atom stereocenters. The van der Waals surface area contributed by atoms with Gasteiger partial charge in [-0.2, -0.15) is 0 Å². The van der Waals surface area contributed by atoms with Gasteiger partial charge in [0.1, 0.15) is 11.2 Å². The van der Waals surface area contributed by atoms with E-state index >= 15 is 0 Å². The Morgan fingerprint density at radius 2 is 0.929 bits per heavy atom. The summed E-state index contributed by atoms with van der Waals surface area (Å²) in [6.07, 6.45) is -1.62. The van der Waals surface area contributed by atoms with Gasteiger partial charge in [-0.05, 0) is 41.5 Å². The molecule has 0 spiro atoms. The molecule has 1 saturated carbocycles. The first-order chi connectivity index (χ1) is 12.7. The van der Waals surface area contributed by atoms with Crippen molar-refractivity contribution >= 4 is 24.1 Å². The van der Waals surface area contributed by atoms with Gasteiger partial charge in [-0.1, -0.05) is 0 Å². The Morgan fingerprint density at radius 1 is 0.643 bits per heavy atom. The standard InChI is InChI=1S/C18H30N2O8/c1-17(2,3)27-15(23)19-11-9(13(21)25-7)12(10(11)14(22)26-8)20-16(24)28-18(4,5)6/h9-12H,1-8H3,(H,19,23)(H,20,24). The summed E-state index contributed by atoms with van der Waals surface area (Å²) in [6.45, 7) is 10.1. The van der Waals surface area contributed by atoms with Crippen LogP contribution in [0.1, 0.15) is 41.5 Å². The largest absolute Gasteiger partial charge is 0.469 e. The van der Waals surface area contributed by atoms with E-state index in [4.69, 9.17) is 18.9 Å². The van der Waals surface area contributed by atoms with E-state index in [1.54, 1.807) is 41.5 Å². The molecule has 1 aliphatic carbocycles. The fourth-order valence-electron chi connectivity index (χ4n) is 2.85. The molecule has 0 radical (unpaired) electrons. The summed E-state index contributed by atoms with van der Waals surface area (Å²) in [7, 11) is 2.34. The SMILES string of the molecule is COC(=O)C1C(NC(=O)OC(C)(C)C)C(C(=O)OC)C1NC(=O)OC(C)(C)C. The van der Waals surface area contributed by atoms with E-state index in [0.717, 1.165) is 0 Å². The van der Waals surface area contributed by atoms with E-state index in [2.05, 4.69) is 10.6 Å². The number of esters is 2. The van der Waals surface area contributed by atoms with Gasteiger partial charge in [-0.15, -0.1) is 0 Å². The van der Waals surface area contributed by atoms with Crippen molar-refractivity contribution in [3.05, 3.63) is 0 Å². The van der Waals surface area contributed by atoms with Crippen molar-refractivity contribution in [1.82, 2.24) is 10.6 Å². The summed E-state index contributed by atoms with van der Waals surface area (Å²) >= 11 is 0. The normalized spacial score (nSPS) is 24.3. The molecule has 0 aromatic heterocycles. The molecule has 0 aromatic carbocycles. The van der Waals surface area contributed by atoms with Crippen LogP contribution in [-0.4, -0.2) is 61.6 Å². The molecule has 28 heavy (non-hydrogen) atoms. The minimum Gasteiger partial charge on any atom is -0.469 e. The Hall–Kier alpha value is -2.52. The van der Waals surface area contributed by atoms with Gasteiger partial charge < -0.3 is 29.6 Å². The van der Waals surface area contributed by atoms with Crippen molar-refractivity contribution in [3.63, 3.8) is 0 Å². The predicted octanol–water partition coefficient (Wildman–Crippen LogP) is 1.36. The molecule has 1 rings (SSSR count). The maximum atomic E-state index is 12.2. The molecule has 0 aliphatic heterocycles. The molecule has 2 amide bonds. The van der Waals surface area contributed by atoms with Crippen molar-refractivity contribution < 1.29 is 38.1 Å². The summed E-state index contributed by atoms with van der Waals surface area (Å²) in [4.78, 5) is 48.8. The molecule has 2 N–H and O–H groups in total. The average molecular weight is 402 g/mol. The van der Waals surface area contributed by atoms with Gasteiger partial charge in [0.2, 0.25) is 0 Å². The second kappa shape index (κ2) is 8.66. The Morgan fingerprint density at radius 3 is 1.14 bits per heavy atom. The zero-order valence-corrected chi connectivity index (χ0v) is 17.6. The summed E-state index contributed by atoms with van der Waals surface area (Å²) in [5, 5.41) is 5.00. The second-order valence-corrected chi connectivity index (χ2v) is 8.44. The van der Waals surface area contributed by atoms with E-state index in [-0.39, 0.29) is 0 Å². The molecule has 0 saturated heterocycles. The van der Waals surface area contributed by atoms with Crippen LogP contribution in [0.4, 0.5) is 9.59 Å². The molecule has 1 aliphatic rings. The number of methoxy groups -OCH3 is 2. The number of amides is 2. The number of carbonyl (C=O) groups excluding carboxylic acids is 4. The third-order valence-corrected chi connectivity index (χ3v) is 3.86. The topological polar surface area (TPSA) is 129 Å². The van der Waals surface area contributed by atoms with Crippen molar-refractivity contribution in [2.75, 3.05) is 14.2 Å². The Balaban J connectivity index is 3.06. The predicted molar refractivity (Wildman–Crippen MR) is 97.3 cm³/mol. The van der Waals surface area contributed by atoms with Crippen molar-refractivity contribution in [2.45, 2.75) is 64.8 Å². The summed E-state index contributed by atoms with van der Waals surface area (Å²) in [5.41, 5.74) is -1.55. The van der Waals surface area contributed by atoms with Crippen LogP contribution < -0.4 is 10.6 Å². The monoisotopic (exact) mass is 402 g/mol. The number of alkyl carbamates (subject to hydrolysis) is 2. The third kappa shape index (κ3) is 6.28. The lowest BCUT2D eigenvalue weighted by Crippen LogP contribution is -2.73. The summed E-state index contributed by atoms with van der Waals surface area (Å²) < 4.78 is 19.9. The minimum absolute atomic E-state index is 0.706. The van der Waals surface area contributed by atoms with Crippen LogP contribution >= 0.6 is 0 Å². The maximum Gasteiger partial charge on any atom is 0.407 e. The van der Waals surface area contributed by atoms with E-state index < -0.39 is 59.2 Å². The van der Waals surface area contributed by atoms with Gasteiger partial charge in [-0.25, -0.2) is 9.59 Å². The van der Waals surface area contributed by atoms with Gasteiger partial charge in [0.05, 0.1) is 38.1 Å². The fourth-order valence-corrected chi connectivity index (χ4v) is 2.85. The zero-order chi connectivity index (χ0) is 21.9. The molecule has 0 bridgehead atoms. The van der Waals surface area contributed by atoms with E-state index in [1.165, 1.54) is 14.2 Å². The first kappa shape index (κ1) is 23.5. The number of carbonyl (C=O) groups is 4. The van der Waals surface area contributed by atoms with Gasteiger partial charge in [0.15, 0.2) is 0 Å². The number of rotatable bonds is 4. The van der Waals surface area contributed by atoms with E-state index in [0.29, 0.717) is 0 Å². The quantitative estimate of drug-likeness (QED) is 0.533. The Bertz CT molecular complexity index is 558. The molecule has 160 valence electrons. The number of ether oxygens (including phenoxy) is 4. The summed E-state index contributed by atoms with van der Waals surface area (Å²) in [6, 6.07) is -1.95. The van der Waals surface area contributed by atoms with Crippen LogP contribution in [0.15, 0.2) is 0 Å². The number of hydrogen-bond acceptors (Lipinski definition) is 8. The lowest BCUT2D eigenvalue weighted by atomic mass is 9.65. The highest BCUT2D eigenvalue weighted by molar-refractivity contribution is 5.86. The number of nitrogens with one attached hydrogen (secondary N) is 2. The molecule has 0 unspecified atom stereocenters. The molecule has 10 heteroatoms. The second-order valence-electron chi connectivity index (χ2n) is 8.44. The lowest BCUT2D eigenvalue weighted by molar-refractivity contribution is -0.165. The van der Waals surface area contributed by atoms with Gasteiger partial charge >= 0.3 is 24.1 Å². The van der Waals surface area contributed by atoms with Crippen molar-refractivity contribution in [2.24, 2.45) is 11.8 Å². The number of hydrogen-bond donors (Lipinski definition) is 2. The average Bonchev–Trinajstić information content (AvgIpc) is 2.49. The highest BCUT2D eigenvalue weighted by Crippen LogP contribution is 2.37.